The van der Waals surface area contributed by atoms with Crippen LogP contribution >= 0.6 is 0 Å². The number of carboxylic acids is 1. The highest BCUT2D eigenvalue weighted by Gasteiger charge is 2.50. The first-order valence-corrected chi connectivity index (χ1v) is 7.71. The average Bonchev–Trinajstić information content (AvgIpc) is 2.78. The predicted octanol–water partition coefficient (Wildman–Crippen LogP) is 0.523. The number of nitrogens with zero attached hydrogens (tertiary/aromatic N) is 1. The number of likely N-dealkylation sites (tertiary alicyclic amines) is 1. The highest BCUT2D eigenvalue weighted by atomic mass is 16.4. The number of amides is 2. The third kappa shape index (κ3) is 2.51. The van der Waals surface area contributed by atoms with Crippen LogP contribution in [0.15, 0.2) is 30.3 Å². The van der Waals surface area contributed by atoms with Crippen molar-refractivity contribution >= 4 is 17.8 Å². The molecule has 2 fully saturated rings. The lowest BCUT2D eigenvalue weighted by Gasteiger charge is -2.27. The van der Waals surface area contributed by atoms with Crippen LogP contribution in [-0.2, 0) is 20.8 Å². The van der Waals surface area contributed by atoms with Crippen molar-refractivity contribution in [2.45, 2.75) is 38.1 Å². The quantitative estimate of drug-likeness (QED) is 0.760. The Morgan fingerprint density at radius 1 is 1.09 bits per heavy atom. The van der Waals surface area contributed by atoms with Crippen LogP contribution in [-0.4, -0.2) is 28.7 Å². The minimum Gasteiger partial charge on any atom is -0.548 e. The van der Waals surface area contributed by atoms with Crippen molar-refractivity contribution in [2.75, 3.05) is 0 Å². The summed E-state index contributed by atoms with van der Waals surface area (Å²) in [6.07, 6.45) is 3.29. The number of carboxylic acid groups (broad SMARTS) is 1. The Hall–Kier alpha value is -2.17. The first-order valence-electron chi connectivity index (χ1n) is 7.71. The van der Waals surface area contributed by atoms with E-state index < -0.39 is 12.0 Å². The van der Waals surface area contributed by atoms with Gasteiger partial charge in [-0.3, -0.25) is 14.5 Å². The molecule has 3 rings (SSSR count). The largest absolute Gasteiger partial charge is 0.548 e. The van der Waals surface area contributed by atoms with Gasteiger partial charge < -0.3 is 9.90 Å². The van der Waals surface area contributed by atoms with Gasteiger partial charge in [0.15, 0.2) is 0 Å². The SMILES string of the molecule is O=C([O-])C(Cc1ccccc1)N1C(=O)C2CCCCC2C1=O. The van der Waals surface area contributed by atoms with Gasteiger partial charge in [-0.2, -0.15) is 0 Å². The van der Waals surface area contributed by atoms with Crippen LogP contribution in [0.4, 0.5) is 0 Å². The summed E-state index contributed by atoms with van der Waals surface area (Å²) >= 11 is 0. The second-order valence-electron chi connectivity index (χ2n) is 6.07. The van der Waals surface area contributed by atoms with Gasteiger partial charge in [0.1, 0.15) is 0 Å². The third-order valence-electron chi connectivity index (χ3n) is 4.73. The van der Waals surface area contributed by atoms with E-state index in [1.54, 1.807) is 24.3 Å². The maximum atomic E-state index is 12.5. The summed E-state index contributed by atoms with van der Waals surface area (Å²) in [6, 6.07) is 7.79. The fourth-order valence-electron chi connectivity index (χ4n) is 3.61. The molecule has 0 bridgehead atoms. The van der Waals surface area contributed by atoms with Crippen molar-refractivity contribution in [1.29, 1.82) is 0 Å². The van der Waals surface area contributed by atoms with Gasteiger partial charge in [0.2, 0.25) is 11.8 Å². The Labute approximate surface area is 128 Å². The molecule has 5 nitrogen and oxygen atoms in total. The molecule has 1 heterocycles. The average molecular weight is 300 g/mol. The van der Waals surface area contributed by atoms with E-state index in [4.69, 9.17) is 0 Å². The van der Waals surface area contributed by atoms with Gasteiger partial charge in [-0.25, -0.2) is 0 Å². The van der Waals surface area contributed by atoms with Crippen LogP contribution < -0.4 is 5.11 Å². The zero-order valence-corrected chi connectivity index (χ0v) is 12.2. The highest BCUT2D eigenvalue weighted by Crippen LogP contribution is 2.39. The lowest BCUT2D eigenvalue weighted by atomic mass is 9.81. The summed E-state index contributed by atoms with van der Waals surface area (Å²) in [5.74, 6) is -2.71. The Bertz CT molecular complexity index is 574. The van der Waals surface area contributed by atoms with Gasteiger partial charge in [-0.05, 0) is 24.8 Å². The standard InChI is InChI=1S/C17H19NO4/c19-15-12-8-4-5-9-13(12)16(20)18(15)14(17(21)22)10-11-6-2-1-3-7-11/h1-3,6-7,12-14H,4-5,8-10H2,(H,21,22)/p-1. The summed E-state index contributed by atoms with van der Waals surface area (Å²) in [4.78, 5) is 37.5. The minimum atomic E-state index is -1.37. The molecule has 2 amide bonds. The van der Waals surface area contributed by atoms with Gasteiger partial charge >= 0.3 is 0 Å². The normalized spacial score (nSPS) is 25.9. The molecule has 0 radical (unpaired) electrons. The van der Waals surface area contributed by atoms with Crippen molar-refractivity contribution in [1.82, 2.24) is 4.90 Å². The molecule has 3 unspecified atom stereocenters. The van der Waals surface area contributed by atoms with Crippen LogP contribution in [0.1, 0.15) is 31.2 Å². The van der Waals surface area contributed by atoms with Gasteiger partial charge in [0.05, 0.1) is 23.8 Å². The molecule has 3 atom stereocenters. The summed E-state index contributed by atoms with van der Waals surface area (Å²) in [6.45, 7) is 0. The Kier molecular flexibility index (Phi) is 3.96. The van der Waals surface area contributed by atoms with Gasteiger partial charge in [-0.1, -0.05) is 43.2 Å². The van der Waals surface area contributed by atoms with Crippen LogP contribution in [0.25, 0.3) is 0 Å². The summed E-state index contributed by atoms with van der Waals surface area (Å²) in [5.41, 5.74) is 0.771. The molecule has 2 aliphatic rings. The molecule has 0 aromatic heterocycles. The fourth-order valence-corrected chi connectivity index (χ4v) is 3.61. The number of hydrogen-bond donors (Lipinski definition) is 0. The van der Waals surface area contributed by atoms with Crippen molar-refractivity contribution in [3.8, 4) is 0 Å². The van der Waals surface area contributed by atoms with E-state index in [1.807, 2.05) is 6.07 Å². The molecule has 116 valence electrons. The lowest BCUT2D eigenvalue weighted by molar-refractivity contribution is -0.310. The Morgan fingerprint density at radius 2 is 1.64 bits per heavy atom. The summed E-state index contributed by atoms with van der Waals surface area (Å²) < 4.78 is 0. The predicted molar refractivity (Wildman–Crippen MR) is 76.2 cm³/mol. The number of carbonyl (C=O) groups excluding carboxylic acids is 3. The number of aliphatic carboxylic acids is 1. The minimum absolute atomic E-state index is 0.0973. The van der Waals surface area contributed by atoms with E-state index in [9.17, 15) is 19.5 Å². The number of carbonyl (C=O) groups is 3. The van der Waals surface area contributed by atoms with Gasteiger partial charge in [0, 0.05) is 0 Å². The smallest absolute Gasteiger partial charge is 0.233 e. The molecule has 1 aliphatic carbocycles. The topological polar surface area (TPSA) is 77.5 Å². The van der Waals surface area contributed by atoms with Crippen molar-refractivity contribution in [2.24, 2.45) is 11.8 Å². The van der Waals surface area contributed by atoms with E-state index in [0.717, 1.165) is 23.3 Å². The maximum absolute atomic E-state index is 12.5. The zero-order chi connectivity index (χ0) is 15.7. The fraction of sp³-hybridized carbons (Fsp3) is 0.471. The number of imide groups is 1. The van der Waals surface area contributed by atoms with Gasteiger partial charge in [0.25, 0.3) is 0 Å². The number of fused-ring (bicyclic) bond motifs is 1. The molecule has 1 aromatic rings. The third-order valence-corrected chi connectivity index (χ3v) is 4.73. The van der Waals surface area contributed by atoms with Gasteiger partial charge in [-0.15, -0.1) is 0 Å². The molecule has 22 heavy (non-hydrogen) atoms. The van der Waals surface area contributed by atoms with Crippen molar-refractivity contribution in [3.63, 3.8) is 0 Å². The monoisotopic (exact) mass is 300 g/mol. The highest BCUT2D eigenvalue weighted by molar-refractivity contribution is 6.07. The second-order valence-corrected chi connectivity index (χ2v) is 6.07. The first-order chi connectivity index (χ1) is 10.6. The number of hydrogen-bond acceptors (Lipinski definition) is 4. The molecule has 1 aliphatic heterocycles. The molecule has 1 saturated heterocycles. The van der Waals surface area contributed by atoms with E-state index in [0.29, 0.717) is 12.8 Å². The lowest BCUT2D eigenvalue weighted by Crippen LogP contribution is -2.52. The second kappa shape index (κ2) is 5.91. The van der Waals surface area contributed by atoms with Crippen LogP contribution in [0.3, 0.4) is 0 Å². The van der Waals surface area contributed by atoms with Crippen molar-refractivity contribution < 1.29 is 19.5 Å². The van der Waals surface area contributed by atoms with E-state index in [2.05, 4.69) is 0 Å². The molecular weight excluding hydrogens is 282 g/mol. The summed E-state index contributed by atoms with van der Waals surface area (Å²) in [5, 5.41) is 11.5. The molecule has 0 N–H and O–H groups in total. The van der Waals surface area contributed by atoms with E-state index >= 15 is 0 Å². The molecular formula is C17H18NO4-. The van der Waals surface area contributed by atoms with Crippen LogP contribution in [0.5, 0.6) is 0 Å². The Balaban J connectivity index is 1.86. The zero-order valence-electron chi connectivity index (χ0n) is 12.2. The molecule has 1 aromatic carbocycles. The molecule has 0 spiro atoms. The number of rotatable bonds is 4. The van der Waals surface area contributed by atoms with Crippen LogP contribution in [0, 0.1) is 11.8 Å². The first kappa shape index (κ1) is 14.8. The summed E-state index contributed by atoms with van der Waals surface area (Å²) in [7, 11) is 0. The van der Waals surface area contributed by atoms with Crippen molar-refractivity contribution in [3.05, 3.63) is 35.9 Å². The van der Waals surface area contributed by atoms with E-state index in [1.165, 1.54) is 0 Å². The molecule has 5 heteroatoms. The Morgan fingerprint density at radius 3 is 2.14 bits per heavy atom. The van der Waals surface area contributed by atoms with Crippen LogP contribution in [0.2, 0.25) is 0 Å². The maximum Gasteiger partial charge on any atom is 0.233 e. The number of benzene rings is 1. The molecule has 1 saturated carbocycles. The van der Waals surface area contributed by atoms with E-state index in [-0.39, 0.29) is 30.1 Å².